The molecule has 1 amide bonds. The summed E-state index contributed by atoms with van der Waals surface area (Å²) in [5.41, 5.74) is 3.37. The van der Waals surface area contributed by atoms with Gasteiger partial charge in [0.2, 0.25) is 5.90 Å². The Bertz CT molecular complexity index is 1540. The minimum Gasteiger partial charge on any atom is -0.494 e. The first-order valence-electron chi connectivity index (χ1n) is 14.3. The van der Waals surface area contributed by atoms with Gasteiger partial charge >= 0.3 is 0 Å². The smallest absolute Gasteiger partial charge is 0.252 e. The first-order valence-corrected chi connectivity index (χ1v) is 15.1. The number of ether oxygens (including phenoxy) is 2. The highest BCUT2D eigenvalue weighted by atomic mass is 79.9. The molecule has 222 valence electrons. The van der Waals surface area contributed by atoms with Crippen LogP contribution in [0, 0.1) is 0 Å². The quantitative estimate of drug-likeness (QED) is 0.183. The number of halogens is 1. The van der Waals surface area contributed by atoms with Crippen molar-refractivity contribution in [2.75, 3.05) is 32.2 Å². The van der Waals surface area contributed by atoms with E-state index in [1.165, 1.54) is 0 Å². The van der Waals surface area contributed by atoms with Crippen LogP contribution in [-0.2, 0) is 22.5 Å². The lowest BCUT2D eigenvalue weighted by Crippen LogP contribution is -2.49. The van der Waals surface area contributed by atoms with Gasteiger partial charge in [-0.05, 0) is 53.6 Å². The fourth-order valence-corrected chi connectivity index (χ4v) is 5.59. The SMILES string of the molecule is CN(C)c1ccc(CNC(=O)[C@]2(Cc3ccccc3)N=C(c3ccc(OCCCO)cc3)O[C@@H]2c2ccccc2Br)cc1. The number of anilines is 1. The molecule has 0 aliphatic carbocycles. The van der Waals surface area contributed by atoms with Crippen LogP contribution >= 0.6 is 15.9 Å². The summed E-state index contributed by atoms with van der Waals surface area (Å²) in [5.74, 6) is 0.864. The van der Waals surface area contributed by atoms with Gasteiger partial charge in [-0.25, -0.2) is 4.99 Å². The topological polar surface area (TPSA) is 83.4 Å². The summed E-state index contributed by atoms with van der Waals surface area (Å²) < 4.78 is 13.2. The Kier molecular flexibility index (Phi) is 9.79. The van der Waals surface area contributed by atoms with E-state index in [-0.39, 0.29) is 12.5 Å². The highest BCUT2D eigenvalue weighted by Crippen LogP contribution is 2.44. The van der Waals surface area contributed by atoms with E-state index in [1.54, 1.807) is 0 Å². The number of aliphatic imine (C=N–C) groups is 1. The average molecular weight is 643 g/mol. The predicted molar refractivity (Wildman–Crippen MR) is 174 cm³/mol. The number of aliphatic hydroxyl groups is 1. The molecule has 5 rings (SSSR count). The number of nitrogens with zero attached hydrogens (tertiary/aromatic N) is 2. The van der Waals surface area contributed by atoms with Crippen molar-refractivity contribution in [3.63, 3.8) is 0 Å². The molecule has 0 unspecified atom stereocenters. The highest BCUT2D eigenvalue weighted by Gasteiger charge is 2.53. The van der Waals surface area contributed by atoms with Gasteiger partial charge < -0.3 is 24.8 Å². The van der Waals surface area contributed by atoms with E-state index in [0.717, 1.165) is 32.4 Å². The third kappa shape index (κ3) is 7.09. The fraction of sp³-hybridized carbons (Fsp3) is 0.257. The van der Waals surface area contributed by atoms with Crippen molar-refractivity contribution >= 4 is 33.4 Å². The Balaban J connectivity index is 1.52. The molecule has 0 spiro atoms. The number of rotatable bonds is 12. The van der Waals surface area contributed by atoms with Crippen molar-refractivity contribution < 1.29 is 19.4 Å². The minimum atomic E-state index is -1.28. The number of aliphatic hydroxyl groups excluding tert-OH is 1. The molecule has 2 atom stereocenters. The van der Waals surface area contributed by atoms with E-state index in [2.05, 4.69) is 21.2 Å². The minimum absolute atomic E-state index is 0.0755. The van der Waals surface area contributed by atoms with Gasteiger partial charge in [0.05, 0.1) is 6.61 Å². The largest absolute Gasteiger partial charge is 0.494 e. The lowest BCUT2D eigenvalue weighted by atomic mass is 9.82. The van der Waals surface area contributed by atoms with E-state index < -0.39 is 11.6 Å². The monoisotopic (exact) mass is 641 g/mol. The maximum atomic E-state index is 14.4. The molecule has 8 heteroatoms. The Morgan fingerprint density at radius 3 is 2.33 bits per heavy atom. The van der Waals surface area contributed by atoms with Crippen molar-refractivity contribution in [3.8, 4) is 5.75 Å². The number of nitrogens with one attached hydrogen (secondary N) is 1. The van der Waals surface area contributed by atoms with Crippen LogP contribution in [0.1, 0.15) is 34.8 Å². The Morgan fingerprint density at radius 2 is 1.65 bits per heavy atom. The second kappa shape index (κ2) is 13.9. The molecule has 1 aliphatic heterocycles. The van der Waals surface area contributed by atoms with Crippen molar-refractivity contribution in [3.05, 3.63) is 130 Å². The van der Waals surface area contributed by atoms with Crippen LogP contribution in [-0.4, -0.2) is 49.8 Å². The molecule has 0 saturated heterocycles. The zero-order chi connectivity index (χ0) is 30.2. The second-order valence-electron chi connectivity index (χ2n) is 10.7. The molecule has 0 fully saturated rings. The zero-order valence-electron chi connectivity index (χ0n) is 24.4. The van der Waals surface area contributed by atoms with Crippen LogP contribution in [0.4, 0.5) is 5.69 Å². The van der Waals surface area contributed by atoms with Crippen LogP contribution in [0.15, 0.2) is 113 Å². The number of hydrogen-bond donors (Lipinski definition) is 2. The van der Waals surface area contributed by atoms with Crippen LogP contribution < -0.4 is 15.0 Å². The third-order valence-electron chi connectivity index (χ3n) is 7.44. The lowest BCUT2D eigenvalue weighted by Gasteiger charge is -2.31. The highest BCUT2D eigenvalue weighted by molar-refractivity contribution is 9.10. The molecule has 1 heterocycles. The molecular weight excluding hydrogens is 606 g/mol. The average Bonchev–Trinajstić information content (AvgIpc) is 3.41. The van der Waals surface area contributed by atoms with Gasteiger partial charge in [0.15, 0.2) is 11.6 Å². The molecular formula is C35H36BrN3O4. The van der Waals surface area contributed by atoms with Gasteiger partial charge in [-0.2, -0.15) is 0 Å². The van der Waals surface area contributed by atoms with Crippen molar-refractivity contribution in [2.45, 2.75) is 31.0 Å². The molecule has 0 saturated carbocycles. The van der Waals surface area contributed by atoms with E-state index in [0.29, 0.717) is 37.6 Å². The first kappa shape index (κ1) is 30.3. The molecule has 2 N–H and O–H groups in total. The number of hydrogen-bond acceptors (Lipinski definition) is 6. The number of amides is 1. The van der Waals surface area contributed by atoms with Crippen LogP contribution in [0.3, 0.4) is 0 Å². The predicted octanol–water partition coefficient (Wildman–Crippen LogP) is 6.09. The van der Waals surface area contributed by atoms with E-state index in [9.17, 15) is 4.79 Å². The van der Waals surface area contributed by atoms with Gasteiger partial charge in [-0.1, -0.05) is 76.6 Å². The number of carbonyl (C=O) groups is 1. The van der Waals surface area contributed by atoms with Crippen molar-refractivity contribution in [2.24, 2.45) is 4.99 Å². The van der Waals surface area contributed by atoms with Gasteiger partial charge in [0.25, 0.3) is 5.91 Å². The maximum absolute atomic E-state index is 14.4. The fourth-order valence-electron chi connectivity index (χ4n) is 5.10. The zero-order valence-corrected chi connectivity index (χ0v) is 26.0. The van der Waals surface area contributed by atoms with Gasteiger partial charge in [-0.3, -0.25) is 4.79 Å². The normalized spacial score (nSPS) is 17.6. The summed E-state index contributed by atoms with van der Waals surface area (Å²) in [6.07, 6.45) is 0.217. The molecule has 7 nitrogen and oxygen atoms in total. The number of carbonyl (C=O) groups excluding carboxylic acids is 1. The molecule has 43 heavy (non-hydrogen) atoms. The van der Waals surface area contributed by atoms with E-state index in [4.69, 9.17) is 19.6 Å². The van der Waals surface area contributed by atoms with E-state index >= 15 is 0 Å². The van der Waals surface area contributed by atoms with Crippen LogP contribution in [0.5, 0.6) is 5.75 Å². The van der Waals surface area contributed by atoms with Crippen LogP contribution in [0.25, 0.3) is 0 Å². The lowest BCUT2D eigenvalue weighted by molar-refractivity contribution is -0.129. The van der Waals surface area contributed by atoms with E-state index in [1.807, 2.05) is 122 Å². The summed E-state index contributed by atoms with van der Waals surface area (Å²) in [4.78, 5) is 21.6. The molecule has 0 aromatic heterocycles. The molecule has 0 bridgehead atoms. The second-order valence-corrected chi connectivity index (χ2v) is 11.6. The van der Waals surface area contributed by atoms with Gasteiger partial charge in [0, 0.05) is 61.4 Å². The first-order chi connectivity index (χ1) is 20.9. The summed E-state index contributed by atoms with van der Waals surface area (Å²) >= 11 is 3.70. The molecule has 4 aromatic rings. The maximum Gasteiger partial charge on any atom is 0.252 e. The number of benzene rings is 4. The molecule has 1 aliphatic rings. The standard InChI is InChI=1S/C35H36BrN3O4/c1-39(2)28-17-13-26(14-18-28)24-37-34(41)35(23-25-9-4-3-5-10-25)32(30-11-6-7-12-31(30)36)43-33(38-35)27-15-19-29(20-16-27)42-22-8-21-40/h3-7,9-20,32,40H,8,21-24H2,1-2H3,(H,37,41)/t32-,35-/m1/s1. The van der Waals surface area contributed by atoms with Gasteiger partial charge in [0.1, 0.15) is 5.75 Å². The van der Waals surface area contributed by atoms with Gasteiger partial charge in [-0.15, -0.1) is 0 Å². The Hall–Kier alpha value is -4.14. The van der Waals surface area contributed by atoms with Crippen molar-refractivity contribution in [1.29, 1.82) is 0 Å². The summed E-state index contributed by atoms with van der Waals surface area (Å²) in [6.45, 7) is 0.859. The summed E-state index contributed by atoms with van der Waals surface area (Å²) in [5, 5.41) is 12.2. The van der Waals surface area contributed by atoms with Crippen LogP contribution in [0.2, 0.25) is 0 Å². The Morgan fingerprint density at radius 1 is 0.953 bits per heavy atom. The molecule has 4 aromatic carbocycles. The summed E-state index contributed by atoms with van der Waals surface area (Å²) in [6, 6.07) is 33.3. The van der Waals surface area contributed by atoms with Crippen molar-refractivity contribution in [1.82, 2.24) is 5.32 Å². The summed E-state index contributed by atoms with van der Waals surface area (Å²) in [7, 11) is 4.00. The molecule has 0 radical (unpaired) electrons. The third-order valence-corrected chi connectivity index (χ3v) is 8.16. The Labute approximate surface area is 261 Å².